The summed E-state index contributed by atoms with van der Waals surface area (Å²) >= 11 is 0. The SMILES string of the molecule is COc1ccc([C@H](NC(=O)c2ccc3cnc(Nc4cc(C)nn4C)nc3c2)c2cn[nH]c2C)cc1F. The summed E-state index contributed by atoms with van der Waals surface area (Å²) in [5.41, 5.74) is 3.89. The summed E-state index contributed by atoms with van der Waals surface area (Å²) in [5.74, 6) is 0.382. The predicted octanol–water partition coefficient (Wildman–Crippen LogP) is 4.11. The molecule has 37 heavy (non-hydrogen) atoms. The van der Waals surface area contributed by atoms with E-state index in [9.17, 15) is 9.18 Å². The van der Waals surface area contributed by atoms with Crippen molar-refractivity contribution in [1.82, 2.24) is 35.3 Å². The number of carbonyl (C=O) groups excluding carboxylic acids is 1. The Kier molecular flexibility index (Phi) is 6.26. The maximum Gasteiger partial charge on any atom is 0.252 e. The minimum Gasteiger partial charge on any atom is -0.494 e. The third-order valence-corrected chi connectivity index (χ3v) is 6.05. The number of hydrogen-bond donors (Lipinski definition) is 3. The molecule has 3 heterocycles. The number of nitrogens with one attached hydrogen (secondary N) is 3. The van der Waals surface area contributed by atoms with Crippen LogP contribution >= 0.6 is 0 Å². The van der Waals surface area contributed by atoms with Gasteiger partial charge in [-0.15, -0.1) is 0 Å². The third-order valence-electron chi connectivity index (χ3n) is 6.05. The number of carbonyl (C=O) groups is 1. The average molecular weight is 501 g/mol. The zero-order valence-corrected chi connectivity index (χ0v) is 20.7. The van der Waals surface area contributed by atoms with Gasteiger partial charge in [0.05, 0.1) is 30.6 Å². The van der Waals surface area contributed by atoms with E-state index in [-0.39, 0.29) is 11.7 Å². The van der Waals surface area contributed by atoms with E-state index in [1.165, 1.54) is 19.2 Å². The van der Waals surface area contributed by atoms with Crippen molar-refractivity contribution in [3.8, 4) is 5.75 Å². The number of methoxy groups -OCH3 is 1. The Bertz CT molecular complexity index is 1610. The Morgan fingerprint density at radius 2 is 1.97 bits per heavy atom. The largest absolute Gasteiger partial charge is 0.494 e. The number of anilines is 2. The molecule has 0 aliphatic carbocycles. The van der Waals surface area contributed by atoms with Gasteiger partial charge in [0, 0.05) is 41.5 Å². The van der Waals surface area contributed by atoms with Gasteiger partial charge in [0.25, 0.3) is 5.91 Å². The number of aryl methyl sites for hydroxylation is 3. The Balaban J connectivity index is 1.45. The molecule has 0 saturated carbocycles. The van der Waals surface area contributed by atoms with Crippen LogP contribution in [0.4, 0.5) is 16.2 Å². The lowest BCUT2D eigenvalue weighted by molar-refractivity contribution is 0.0943. The van der Waals surface area contributed by atoms with Gasteiger partial charge in [-0.25, -0.2) is 14.4 Å². The molecule has 5 aromatic rings. The van der Waals surface area contributed by atoms with Crippen LogP contribution in [0.15, 0.2) is 54.9 Å². The van der Waals surface area contributed by atoms with Crippen molar-refractivity contribution in [3.05, 3.63) is 88.8 Å². The Morgan fingerprint density at radius 1 is 1.14 bits per heavy atom. The number of ether oxygens (including phenoxy) is 1. The lowest BCUT2D eigenvalue weighted by Gasteiger charge is -2.20. The van der Waals surface area contributed by atoms with E-state index in [0.717, 1.165) is 28.2 Å². The first-order valence-corrected chi connectivity index (χ1v) is 11.5. The first-order valence-electron chi connectivity index (χ1n) is 11.5. The van der Waals surface area contributed by atoms with Gasteiger partial charge in [0.2, 0.25) is 5.95 Å². The molecule has 1 atom stereocenters. The summed E-state index contributed by atoms with van der Waals surface area (Å²) in [4.78, 5) is 22.3. The normalized spacial score (nSPS) is 11.9. The molecule has 1 amide bonds. The second kappa shape index (κ2) is 9.69. The highest BCUT2D eigenvalue weighted by Gasteiger charge is 2.22. The molecule has 0 radical (unpaired) electrons. The van der Waals surface area contributed by atoms with Gasteiger partial charge in [0.1, 0.15) is 5.82 Å². The molecule has 5 rings (SSSR count). The molecule has 0 unspecified atom stereocenters. The second-order valence-corrected chi connectivity index (χ2v) is 8.64. The minimum atomic E-state index is -0.641. The fraction of sp³-hybridized carbons (Fsp3) is 0.192. The van der Waals surface area contributed by atoms with E-state index in [1.54, 1.807) is 41.3 Å². The summed E-state index contributed by atoms with van der Waals surface area (Å²) in [6.07, 6.45) is 3.31. The monoisotopic (exact) mass is 500 g/mol. The molecule has 3 aromatic heterocycles. The van der Waals surface area contributed by atoms with E-state index in [0.29, 0.717) is 22.6 Å². The number of fused-ring (bicyclic) bond motifs is 1. The molecule has 2 aromatic carbocycles. The summed E-state index contributed by atoms with van der Waals surface area (Å²) in [5, 5.41) is 18.2. The maximum absolute atomic E-state index is 14.5. The van der Waals surface area contributed by atoms with Crippen LogP contribution in [-0.4, -0.2) is 43.0 Å². The fourth-order valence-corrected chi connectivity index (χ4v) is 4.14. The number of benzene rings is 2. The molecule has 0 fully saturated rings. The van der Waals surface area contributed by atoms with Crippen molar-refractivity contribution in [2.24, 2.45) is 7.05 Å². The van der Waals surface area contributed by atoms with Gasteiger partial charge < -0.3 is 15.4 Å². The average Bonchev–Trinajstić information content (AvgIpc) is 3.45. The van der Waals surface area contributed by atoms with Crippen molar-refractivity contribution >= 4 is 28.6 Å². The van der Waals surface area contributed by atoms with Crippen LogP contribution in [0.5, 0.6) is 5.75 Å². The van der Waals surface area contributed by atoms with Crippen LogP contribution in [0.25, 0.3) is 10.9 Å². The van der Waals surface area contributed by atoms with E-state index in [4.69, 9.17) is 4.74 Å². The number of aromatic amines is 1. The van der Waals surface area contributed by atoms with Gasteiger partial charge in [0.15, 0.2) is 11.6 Å². The Morgan fingerprint density at radius 3 is 2.65 bits per heavy atom. The van der Waals surface area contributed by atoms with Crippen molar-refractivity contribution < 1.29 is 13.9 Å². The lowest BCUT2D eigenvalue weighted by Crippen LogP contribution is -2.29. The van der Waals surface area contributed by atoms with E-state index < -0.39 is 11.9 Å². The lowest BCUT2D eigenvalue weighted by atomic mass is 9.98. The van der Waals surface area contributed by atoms with E-state index in [1.807, 2.05) is 27.0 Å². The Hall–Kier alpha value is -4.80. The van der Waals surface area contributed by atoms with Crippen molar-refractivity contribution in [3.63, 3.8) is 0 Å². The summed E-state index contributed by atoms with van der Waals surface area (Å²) in [7, 11) is 3.23. The van der Waals surface area contributed by atoms with Crippen LogP contribution in [0.3, 0.4) is 0 Å². The number of nitrogens with zero attached hydrogens (tertiary/aromatic N) is 5. The zero-order valence-electron chi connectivity index (χ0n) is 20.7. The van der Waals surface area contributed by atoms with Crippen LogP contribution in [-0.2, 0) is 7.05 Å². The number of rotatable bonds is 7. The topological polar surface area (TPSA) is 123 Å². The smallest absolute Gasteiger partial charge is 0.252 e. The summed E-state index contributed by atoms with van der Waals surface area (Å²) < 4.78 is 21.3. The molecular formula is C26H25FN8O2. The van der Waals surface area contributed by atoms with Crippen LogP contribution in [0.1, 0.15) is 38.9 Å². The number of amides is 1. The van der Waals surface area contributed by atoms with Crippen molar-refractivity contribution in [2.75, 3.05) is 12.4 Å². The molecule has 10 nitrogen and oxygen atoms in total. The van der Waals surface area contributed by atoms with Crippen LogP contribution in [0, 0.1) is 19.7 Å². The minimum absolute atomic E-state index is 0.123. The molecule has 0 bridgehead atoms. The highest BCUT2D eigenvalue weighted by molar-refractivity contribution is 5.98. The van der Waals surface area contributed by atoms with Gasteiger partial charge in [-0.3, -0.25) is 14.6 Å². The summed E-state index contributed by atoms with van der Waals surface area (Å²) in [6, 6.07) is 11.0. The molecule has 11 heteroatoms. The van der Waals surface area contributed by atoms with E-state index in [2.05, 4.69) is 35.9 Å². The van der Waals surface area contributed by atoms with Crippen molar-refractivity contribution in [2.45, 2.75) is 19.9 Å². The number of hydrogen-bond acceptors (Lipinski definition) is 7. The zero-order chi connectivity index (χ0) is 26.1. The maximum atomic E-state index is 14.5. The summed E-state index contributed by atoms with van der Waals surface area (Å²) in [6.45, 7) is 3.74. The van der Waals surface area contributed by atoms with Gasteiger partial charge in [-0.05, 0) is 43.7 Å². The molecular weight excluding hydrogens is 475 g/mol. The Labute approximate surface area is 211 Å². The molecule has 3 N–H and O–H groups in total. The third kappa shape index (κ3) is 4.83. The van der Waals surface area contributed by atoms with Crippen LogP contribution in [0.2, 0.25) is 0 Å². The van der Waals surface area contributed by atoms with Gasteiger partial charge >= 0.3 is 0 Å². The van der Waals surface area contributed by atoms with E-state index >= 15 is 0 Å². The fourth-order valence-electron chi connectivity index (χ4n) is 4.14. The van der Waals surface area contributed by atoms with Crippen LogP contribution < -0.4 is 15.4 Å². The van der Waals surface area contributed by atoms with Gasteiger partial charge in [-0.1, -0.05) is 12.1 Å². The number of aromatic nitrogens is 6. The highest BCUT2D eigenvalue weighted by Crippen LogP contribution is 2.28. The standard InChI is InChI=1S/C26H25FN8O2/c1-14-9-23(35(3)34-14)31-26-28-12-18-6-5-17(11-21(18)30-26)25(36)32-24(19-13-29-33-15(19)2)16-7-8-22(37-4)20(27)10-16/h5-13,24H,1-4H3,(H,29,33)(H,32,36)(H,28,30,31)/t24-/m0/s1. The highest BCUT2D eigenvalue weighted by atomic mass is 19.1. The molecule has 0 spiro atoms. The number of H-pyrrole nitrogens is 1. The molecule has 0 aliphatic rings. The van der Waals surface area contributed by atoms with Crippen molar-refractivity contribution in [1.29, 1.82) is 0 Å². The molecule has 0 saturated heterocycles. The number of halogens is 1. The predicted molar refractivity (Wildman–Crippen MR) is 136 cm³/mol. The molecule has 0 aliphatic heterocycles. The quantitative estimate of drug-likeness (QED) is 0.307. The second-order valence-electron chi connectivity index (χ2n) is 8.64. The van der Waals surface area contributed by atoms with Gasteiger partial charge in [-0.2, -0.15) is 10.2 Å². The first-order chi connectivity index (χ1) is 17.8. The molecule has 188 valence electrons. The first kappa shape index (κ1) is 23.9.